The van der Waals surface area contributed by atoms with Gasteiger partial charge in [-0.1, -0.05) is 24.2 Å². The molecule has 0 amide bonds. The second-order valence-electron chi connectivity index (χ2n) is 4.78. The molecule has 0 saturated heterocycles. The van der Waals surface area contributed by atoms with E-state index in [9.17, 15) is 8.42 Å². The molecule has 0 spiro atoms. The summed E-state index contributed by atoms with van der Waals surface area (Å²) in [5, 5.41) is 0.452. The summed E-state index contributed by atoms with van der Waals surface area (Å²) in [6.45, 7) is 0. The van der Waals surface area contributed by atoms with Crippen LogP contribution in [0, 0.1) is 0 Å². The lowest BCUT2D eigenvalue weighted by molar-refractivity contribution is 0.552. The molecule has 1 aliphatic rings. The van der Waals surface area contributed by atoms with Crippen LogP contribution in [0.4, 0.5) is 5.13 Å². The monoisotopic (exact) mass is 297 g/mol. The van der Waals surface area contributed by atoms with Gasteiger partial charge in [-0.25, -0.2) is 18.1 Å². The molecule has 0 atom stereocenters. The minimum absolute atomic E-state index is 0.0761. The van der Waals surface area contributed by atoms with Crippen LogP contribution in [-0.4, -0.2) is 19.4 Å². The van der Waals surface area contributed by atoms with Gasteiger partial charge in [-0.2, -0.15) is 0 Å². The Labute approximate surface area is 115 Å². The molecule has 7 heteroatoms. The first-order chi connectivity index (χ1) is 9.04. The van der Waals surface area contributed by atoms with E-state index in [1.54, 1.807) is 18.2 Å². The minimum atomic E-state index is -3.44. The van der Waals surface area contributed by atoms with Crippen LogP contribution in [0.25, 0.3) is 10.2 Å². The molecule has 1 heterocycles. The number of nitrogen functional groups attached to an aromatic ring is 1. The summed E-state index contributed by atoms with van der Waals surface area (Å²) in [7, 11) is -3.44. The maximum Gasteiger partial charge on any atom is 0.240 e. The number of nitrogens with one attached hydrogen (secondary N) is 1. The largest absolute Gasteiger partial charge is 0.375 e. The van der Waals surface area contributed by atoms with Gasteiger partial charge in [0.1, 0.15) is 0 Å². The molecule has 0 radical (unpaired) electrons. The summed E-state index contributed by atoms with van der Waals surface area (Å²) in [4.78, 5) is 4.41. The number of aromatic nitrogens is 1. The first kappa shape index (κ1) is 12.8. The van der Waals surface area contributed by atoms with Gasteiger partial charge < -0.3 is 5.73 Å². The number of nitrogens with zero attached hydrogens (tertiary/aromatic N) is 1. The van der Waals surface area contributed by atoms with Crippen molar-refractivity contribution in [2.45, 2.75) is 36.6 Å². The van der Waals surface area contributed by atoms with Gasteiger partial charge in [-0.15, -0.1) is 0 Å². The number of rotatable bonds is 3. The molecule has 102 valence electrons. The Kier molecular flexibility index (Phi) is 3.20. The quantitative estimate of drug-likeness (QED) is 0.908. The fourth-order valence-corrected chi connectivity index (χ4v) is 4.60. The molecule has 1 aromatic carbocycles. The second-order valence-corrected chi connectivity index (χ2v) is 7.56. The van der Waals surface area contributed by atoms with Crippen molar-refractivity contribution in [1.29, 1.82) is 0 Å². The molecule has 1 saturated carbocycles. The fraction of sp³-hybridized carbons (Fsp3) is 0.417. The van der Waals surface area contributed by atoms with Gasteiger partial charge in [0.05, 0.1) is 15.1 Å². The number of nitrogens with two attached hydrogens (primary N) is 1. The van der Waals surface area contributed by atoms with Crippen LogP contribution >= 0.6 is 11.3 Å². The summed E-state index contributed by atoms with van der Waals surface area (Å²) in [6.07, 6.45) is 4.04. The Balaban J connectivity index is 1.93. The summed E-state index contributed by atoms with van der Waals surface area (Å²) < 4.78 is 28.1. The van der Waals surface area contributed by atoms with Crippen LogP contribution in [0.1, 0.15) is 25.7 Å². The predicted molar refractivity (Wildman–Crippen MR) is 76.6 cm³/mol. The Morgan fingerprint density at radius 1 is 1.32 bits per heavy atom. The highest BCUT2D eigenvalue weighted by atomic mass is 32.2. The van der Waals surface area contributed by atoms with Crippen molar-refractivity contribution in [3.8, 4) is 0 Å². The normalized spacial score (nSPS) is 17.3. The Bertz CT molecular complexity index is 703. The highest BCUT2D eigenvalue weighted by Gasteiger charge is 2.23. The third kappa shape index (κ3) is 2.58. The number of fused-ring (bicyclic) bond motifs is 1. The molecule has 3 rings (SSSR count). The van der Waals surface area contributed by atoms with Crippen LogP contribution in [0.5, 0.6) is 0 Å². The molecule has 1 fully saturated rings. The van der Waals surface area contributed by atoms with Crippen LogP contribution in [-0.2, 0) is 10.0 Å². The molecular formula is C12H15N3O2S2. The van der Waals surface area contributed by atoms with Gasteiger partial charge >= 0.3 is 0 Å². The van der Waals surface area contributed by atoms with Crippen molar-refractivity contribution >= 4 is 36.7 Å². The molecule has 0 bridgehead atoms. The zero-order valence-electron chi connectivity index (χ0n) is 10.3. The maximum atomic E-state index is 12.3. The van der Waals surface area contributed by atoms with E-state index in [-0.39, 0.29) is 10.9 Å². The van der Waals surface area contributed by atoms with E-state index in [1.807, 2.05) is 0 Å². The zero-order chi connectivity index (χ0) is 13.5. The lowest BCUT2D eigenvalue weighted by atomic mass is 10.3. The van der Waals surface area contributed by atoms with Gasteiger partial charge in [0.2, 0.25) is 10.0 Å². The second kappa shape index (κ2) is 4.73. The van der Waals surface area contributed by atoms with Gasteiger partial charge in [0.25, 0.3) is 0 Å². The molecule has 0 unspecified atom stereocenters. The summed E-state index contributed by atoms with van der Waals surface area (Å²) in [5.41, 5.74) is 6.36. The van der Waals surface area contributed by atoms with Crippen LogP contribution < -0.4 is 10.5 Å². The third-order valence-electron chi connectivity index (χ3n) is 3.36. The smallest absolute Gasteiger partial charge is 0.240 e. The number of anilines is 1. The number of hydrogen-bond donors (Lipinski definition) is 2. The van der Waals surface area contributed by atoms with Crippen molar-refractivity contribution in [1.82, 2.24) is 9.71 Å². The highest BCUT2D eigenvalue weighted by Crippen LogP contribution is 2.27. The van der Waals surface area contributed by atoms with Crippen molar-refractivity contribution in [3.63, 3.8) is 0 Å². The van der Waals surface area contributed by atoms with Crippen molar-refractivity contribution in [2.24, 2.45) is 0 Å². The number of sulfonamides is 1. The topological polar surface area (TPSA) is 85.1 Å². The van der Waals surface area contributed by atoms with E-state index in [1.165, 1.54) is 11.3 Å². The van der Waals surface area contributed by atoms with Crippen molar-refractivity contribution in [2.75, 3.05) is 5.73 Å². The van der Waals surface area contributed by atoms with E-state index in [0.29, 0.717) is 5.13 Å². The molecule has 1 aliphatic carbocycles. The van der Waals surface area contributed by atoms with E-state index < -0.39 is 10.0 Å². The summed E-state index contributed by atoms with van der Waals surface area (Å²) in [5.74, 6) is 0. The van der Waals surface area contributed by atoms with Crippen molar-refractivity contribution in [3.05, 3.63) is 18.2 Å². The van der Waals surface area contributed by atoms with E-state index >= 15 is 0 Å². The maximum absolute atomic E-state index is 12.3. The van der Waals surface area contributed by atoms with Gasteiger partial charge in [-0.3, -0.25) is 0 Å². The number of thiazole rings is 1. The first-order valence-electron chi connectivity index (χ1n) is 6.23. The lowest BCUT2D eigenvalue weighted by Gasteiger charge is -2.12. The molecule has 19 heavy (non-hydrogen) atoms. The van der Waals surface area contributed by atoms with Gasteiger partial charge in [0, 0.05) is 6.04 Å². The molecule has 0 aliphatic heterocycles. The Hall–Kier alpha value is -1.18. The Morgan fingerprint density at radius 2 is 2.05 bits per heavy atom. The summed E-state index contributed by atoms with van der Waals surface area (Å²) >= 11 is 1.30. The third-order valence-corrected chi connectivity index (χ3v) is 5.73. The molecular weight excluding hydrogens is 282 g/mol. The summed E-state index contributed by atoms with van der Waals surface area (Å²) in [6, 6.07) is 5.00. The van der Waals surface area contributed by atoms with Gasteiger partial charge in [-0.05, 0) is 31.0 Å². The standard InChI is InChI=1S/C12H15N3O2S2/c13-12-14-10-6-5-9(7-11(10)18-12)19(16,17)15-8-3-1-2-4-8/h5-8,15H,1-4H2,(H2,13,14). The predicted octanol–water partition coefficient (Wildman–Crippen LogP) is 2.10. The Morgan fingerprint density at radius 3 is 2.79 bits per heavy atom. The highest BCUT2D eigenvalue weighted by molar-refractivity contribution is 7.89. The van der Waals surface area contributed by atoms with Crippen molar-refractivity contribution < 1.29 is 8.42 Å². The van der Waals surface area contributed by atoms with E-state index in [4.69, 9.17) is 5.73 Å². The molecule has 2 aromatic rings. The van der Waals surface area contributed by atoms with Crippen LogP contribution in [0.2, 0.25) is 0 Å². The van der Waals surface area contributed by atoms with Gasteiger partial charge in [0.15, 0.2) is 5.13 Å². The van der Waals surface area contributed by atoms with E-state index in [2.05, 4.69) is 9.71 Å². The number of hydrogen-bond acceptors (Lipinski definition) is 5. The SMILES string of the molecule is Nc1nc2ccc(S(=O)(=O)NC3CCCC3)cc2s1. The average Bonchev–Trinajstić information content (AvgIpc) is 2.95. The average molecular weight is 297 g/mol. The first-order valence-corrected chi connectivity index (χ1v) is 8.53. The lowest BCUT2D eigenvalue weighted by Crippen LogP contribution is -2.32. The van der Waals surface area contributed by atoms with Crippen LogP contribution in [0.15, 0.2) is 23.1 Å². The fourth-order valence-electron chi connectivity index (χ4n) is 2.42. The zero-order valence-corrected chi connectivity index (χ0v) is 11.9. The molecule has 1 aromatic heterocycles. The minimum Gasteiger partial charge on any atom is -0.375 e. The molecule has 3 N–H and O–H groups in total. The number of benzene rings is 1. The molecule has 5 nitrogen and oxygen atoms in total. The van der Waals surface area contributed by atoms with Crippen LogP contribution in [0.3, 0.4) is 0 Å². The van der Waals surface area contributed by atoms with E-state index in [0.717, 1.165) is 35.9 Å².